The van der Waals surface area contributed by atoms with E-state index in [9.17, 15) is 4.79 Å². The maximum Gasteiger partial charge on any atom is 0.310 e. The molecule has 3 aromatic carbocycles. The predicted molar refractivity (Wildman–Crippen MR) is 123 cm³/mol. The molecule has 4 bridgehead atoms. The van der Waals surface area contributed by atoms with E-state index in [0.717, 1.165) is 52.0 Å². The van der Waals surface area contributed by atoms with E-state index in [1.807, 2.05) is 61.5 Å². The largest absolute Gasteiger partial charge is 0.493 e. The lowest BCUT2D eigenvalue weighted by Crippen LogP contribution is -2.09. The van der Waals surface area contributed by atoms with Gasteiger partial charge in [0.05, 0.1) is 26.7 Å². The van der Waals surface area contributed by atoms with E-state index >= 15 is 0 Å². The number of nitrogens with zero attached hydrogens (tertiary/aromatic N) is 1. The second-order valence-electron chi connectivity index (χ2n) is 7.86. The van der Waals surface area contributed by atoms with Gasteiger partial charge in [-0.15, -0.1) is 0 Å². The smallest absolute Gasteiger partial charge is 0.310 e. The number of esters is 1. The molecule has 0 unspecified atom stereocenters. The monoisotopic (exact) mass is 427 g/mol. The summed E-state index contributed by atoms with van der Waals surface area (Å²) in [4.78, 5) is 15.5. The van der Waals surface area contributed by atoms with Crippen molar-refractivity contribution in [2.45, 2.75) is 32.8 Å². The molecule has 0 radical (unpaired) electrons. The van der Waals surface area contributed by atoms with Gasteiger partial charge in [0.25, 0.3) is 0 Å². The van der Waals surface area contributed by atoms with Crippen LogP contribution in [-0.4, -0.2) is 19.7 Å². The molecule has 0 fully saturated rings. The van der Waals surface area contributed by atoms with Gasteiger partial charge in [0, 0.05) is 5.56 Å². The summed E-state index contributed by atoms with van der Waals surface area (Å²) >= 11 is 0. The highest BCUT2D eigenvalue weighted by atomic mass is 16.5. The van der Waals surface area contributed by atoms with Crippen LogP contribution in [0.25, 0.3) is 16.0 Å². The van der Waals surface area contributed by atoms with Crippen LogP contribution in [0, 0.1) is 13.5 Å². The van der Waals surface area contributed by atoms with Crippen LogP contribution in [-0.2, 0) is 29.0 Å². The Morgan fingerprint density at radius 1 is 1.09 bits per heavy atom. The Morgan fingerprint density at radius 3 is 2.78 bits per heavy atom. The molecule has 5 nitrogen and oxygen atoms in total. The molecule has 0 aliphatic carbocycles. The van der Waals surface area contributed by atoms with E-state index in [4.69, 9.17) is 20.8 Å². The third-order valence-electron chi connectivity index (χ3n) is 5.68. The second kappa shape index (κ2) is 9.57. The Hall–Kier alpha value is -3.78. The van der Waals surface area contributed by atoms with Crippen molar-refractivity contribution in [3.05, 3.63) is 88.3 Å². The summed E-state index contributed by atoms with van der Waals surface area (Å²) in [6.07, 6.45) is 1.71. The van der Waals surface area contributed by atoms with Gasteiger partial charge in [0.1, 0.15) is 18.1 Å². The summed E-state index contributed by atoms with van der Waals surface area (Å²) in [5.74, 6) is 1.17. The Labute approximate surface area is 188 Å². The van der Waals surface area contributed by atoms with Gasteiger partial charge in [-0.25, -0.2) is 4.85 Å². The zero-order chi connectivity index (χ0) is 22.5. The van der Waals surface area contributed by atoms with E-state index in [0.29, 0.717) is 24.7 Å². The van der Waals surface area contributed by atoms with Crippen LogP contribution in [0.4, 0.5) is 5.69 Å². The molecular formula is C27H25NO4. The van der Waals surface area contributed by atoms with Gasteiger partial charge in [-0.1, -0.05) is 42.0 Å². The summed E-state index contributed by atoms with van der Waals surface area (Å²) in [5.41, 5.74) is 6.71. The molecule has 0 atom stereocenters. The lowest BCUT2D eigenvalue weighted by Gasteiger charge is -2.18. The quantitative estimate of drug-likeness (QED) is 0.381. The van der Waals surface area contributed by atoms with Crippen molar-refractivity contribution in [1.82, 2.24) is 0 Å². The molecule has 3 aromatic rings. The van der Waals surface area contributed by atoms with Crippen LogP contribution in [0.1, 0.15) is 28.7 Å². The van der Waals surface area contributed by atoms with E-state index in [-0.39, 0.29) is 12.4 Å². The average molecular weight is 428 g/mol. The molecule has 0 spiro atoms. The van der Waals surface area contributed by atoms with Crippen molar-refractivity contribution in [3.8, 4) is 22.6 Å². The molecule has 1 aliphatic rings. The van der Waals surface area contributed by atoms with E-state index in [2.05, 4.69) is 4.85 Å². The molecule has 0 N–H and O–H groups in total. The molecule has 162 valence electrons. The van der Waals surface area contributed by atoms with Crippen molar-refractivity contribution in [3.63, 3.8) is 0 Å². The molecule has 0 saturated heterocycles. The molecule has 1 aliphatic heterocycles. The third-order valence-corrected chi connectivity index (χ3v) is 5.68. The summed E-state index contributed by atoms with van der Waals surface area (Å²) < 4.78 is 17.2. The number of carbonyl (C=O) groups is 1. The predicted octanol–water partition coefficient (Wildman–Crippen LogP) is 5.83. The van der Waals surface area contributed by atoms with E-state index in [1.54, 1.807) is 0 Å². The van der Waals surface area contributed by atoms with Crippen LogP contribution in [0.3, 0.4) is 0 Å². The Bertz CT molecular complexity index is 1190. The maximum absolute atomic E-state index is 11.9. The topological polar surface area (TPSA) is 49.1 Å². The summed E-state index contributed by atoms with van der Waals surface area (Å²) in [6, 6.07) is 17.7. The molecule has 32 heavy (non-hydrogen) atoms. The van der Waals surface area contributed by atoms with Gasteiger partial charge >= 0.3 is 5.97 Å². The molecule has 5 heteroatoms. The fourth-order valence-electron chi connectivity index (χ4n) is 3.97. The number of aryl methyl sites for hydroxylation is 2. The second-order valence-corrected chi connectivity index (χ2v) is 7.86. The minimum atomic E-state index is -0.299. The number of hydrogen-bond acceptors (Lipinski definition) is 4. The van der Waals surface area contributed by atoms with E-state index < -0.39 is 0 Å². The number of rotatable bonds is 2. The number of benzene rings is 3. The van der Waals surface area contributed by atoms with Gasteiger partial charge in [0.2, 0.25) is 0 Å². The highest BCUT2D eigenvalue weighted by Gasteiger charge is 2.15. The summed E-state index contributed by atoms with van der Waals surface area (Å²) in [7, 11) is 1.39. The van der Waals surface area contributed by atoms with Crippen LogP contribution in [0.15, 0.2) is 54.6 Å². The van der Waals surface area contributed by atoms with Crippen LogP contribution in [0.5, 0.6) is 11.5 Å². The van der Waals surface area contributed by atoms with E-state index in [1.165, 1.54) is 7.11 Å². The minimum absolute atomic E-state index is 0.160. The van der Waals surface area contributed by atoms with Gasteiger partial charge in [0.15, 0.2) is 5.69 Å². The number of fused-ring (bicyclic) bond motifs is 6. The van der Waals surface area contributed by atoms with Crippen molar-refractivity contribution in [1.29, 1.82) is 0 Å². The average Bonchev–Trinajstić information content (AvgIpc) is 2.81. The fourth-order valence-corrected chi connectivity index (χ4v) is 3.97. The highest BCUT2D eigenvalue weighted by molar-refractivity contribution is 5.76. The standard InChI is InChI=1S/C27H25NO4/c1-18-12-22(15-27(29)30-3)26-16-25(18)20-6-4-8-24(14-20)32-17-21-9-10-23(28-2)13-19(21)7-5-11-31-26/h4,6,8-10,12-14,16H,5,7,11,15,17H2,1,3H3. The first-order valence-corrected chi connectivity index (χ1v) is 10.6. The van der Waals surface area contributed by atoms with Crippen molar-refractivity contribution in [2.75, 3.05) is 13.7 Å². The number of carbonyl (C=O) groups excluding carboxylic acids is 1. The summed E-state index contributed by atoms with van der Waals surface area (Å²) in [5, 5.41) is 0. The van der Waals surface area contributed by atoms with Crippen molar-refractivity contribution in [2.24, 2.45) is 0 Å². The third kappa shape index (κ3) is 4.76. The molecular weight excluding hydrogens is 402 g/mol. The lowest BCUT2D eigenvalue weighted by molar-refractivity contribution is -0.139. The Kier molecular flexibility index (Phi) is 6.42. The van der Waals surface area contributed by atoms with Crippen LogP contribution < -0.4 is 9.47 Å². The molecule has 0 aromatic heterocycles. The minimum Gasteiger partial charge on any atom is -0.493 e. The first kappa shape index (κ1) is 21.5. The zero-order valence-electron chi connectivity index (χ0n) is 18.3. The number of methoxy groups -OCH3 is 1. The zero-order valence-corrected chi connectivity index (χ0v) is 18.3. The fraction of sp³-hybridized carbons (Fsp3) is 0.259. The SMILES string of the molecule is [C-]#[N+]c1ccc2c(c1)CCCOc1cc(c(C)cc1CC(=O)OC)-c1cccc(c1)OC2. The normalized spacial score (nSPS) is 12.9. The van der Waals surface area contributed by atoms with Gasteiger partial charge in [-0.2, -0.15) is 0 Å². The number of hydrogen-bond donors (Lipinski definition) is 0. The summed E-state index contributed by atoms with van der Waals surface area (Å²) in [6.45, 7) is 10.3. The van der Waals surface area contributed by atoms with Gasteiger partial charge in [-0.3, -0.25) is 4.79 Å². The van der Waals surface area contributed by atoms with Gasteiger partial charge < -0.3 is 14.2 Å². The van der Waals surface area contributed by atoms with Crippen molar-refractivity contribution < 1.29 is 19.0 Å². The lowest BCUT2D eigenvalue weighted by atomic mass is 9.96. The molecule has 0 amide bonds. The Morgan fingerprint density at radius 2 is 1.97 bits per heavy atom. The van der Waals surface area contributed by atoms with Crippen molar-refractivity contribution >= 4 is 11.7 Å². The highest BCUT2D eigenvalue weighted by Crippen LogP contribution is 2.34. The van der Waals surface area contributed by atoms with Crippen LogP contribution in [0.2, 0.25) is 0 Å². The van der Waals surface area contributed by atoms with Gasteiger partial charge in [-0.05, 0) is 60.2 Å². The number of ether oxygens (including phenoxy) is 3. The maximum atomic E-state index is 11.9. The molecule has 0 saturated carbocycles. The first-order chi connectivity index (χ1) is 15.6. The Balaban J connectivity index is 1.75. The first-order valence-electron chi connectivity index (χ1n) is 10.6. The molecule has 4 rings (SSSR count). The van der Waals surface area contributed by atoms with Crippen LogP contribution >= 0.6 is 0 Å². The molecule has 1 heterocycles.